The number of ether oxygens (including phenoxy) is 2. The number of likely N-dealkylation sites (N-methyl/N-ethyl adjacent to an activating group) is 1. The van der Waals surface area contributed by atoms with Crippen molar-refractivity contribution in [1.82, 2.24) is 4.90 Å². The van der Waals surface area contributed by atoms with Crippen LogP contribution in [0.2, 0.25) is 0 Å². The SMILES string of the molecule is COc1ccc(CC2(c3ccccc3OC)C3=C(CCCC3)CC(C)N2C)cc1. The maximum Gasteiger partial charge on any atom is 0.124 e. The largest absolute Gasteiger partial charge is 0.497 e. The normalized spacial score (nSPS) is 24.9. The molecule has 1 aliphatic carbocycles. The average Bonchev–Trinajstić information content (AvgIpc) is 2.77. The molecule has 0 spiro atoms. The minimum absolute atomic E-state index is 0.172. The van der Waals surface area contributed by atoms with Crippen LogP contribution in [0.4, 0.5) is 0 Å². The van der Waals surface area contributed by atoms with Crippen molar-refractivity contribution in [3.63, 3.8) is 0 Å². The molecule has 4 rings (SSSR count). The standard InChI is InChI=1S/C26H33NO2/c1-19-17-21-9-5-6-10-23(21)26(27(19)2,24-11-7-8-12-25(24)29-4)18-20-13-15-22(28-3)16-14-20/h7-8,11-16,19H,5-6,9-10,17-18H2,1-4H3. The summed E-state index contributed by atoms with van der Waals surface area (Å²) in [6.45, 7) is 2.37. The van der Waals surface area contributed by atoms with Crippen LogP contribution in [-0.2, 0) is 12.0 Å². The van der Waals surface area contributed by atoms with Crippen molar-refractivity contribution in [1.29, 1.82) is 0 Å². The van der Waals surface area contributed by atoms with Crippen molar-refractivity contribution in [2.24, 2.45) is 0 Å². The number of para-hydroxylation sites is 1. The van der Waals surface area contributed by atoms with Gasteiger partial charge >= 0.3 is 0 Å². The predicted octanol–water partition coefficient (Wildman–Crippen LogP) is 5.74. The average molecular weight is 392 g/mol. The molecule has 29 heavy (non-hydrogen) atoms. The van der Waals surface area contributed by atoms with Gasteiger partial charge in [-0.2, -0.15) is 0 Å². The Morgan fingerprint density at radius 1 is 0.966 bits per heavy atom. The summed E-state index contributed by atoms with van der Waals surface area (Å²) in [5, 5.41) is 0. The van der Waals surface area contributed by atoms with Crippen LogP contribution < -0.4 is 9.47 Å². The van der Waals surface area contributed by atoms with Crippen molar-refractivity contribution in [2.45, 2.75) is 57.0 Å². The molecule has 0 amide bonds. The van der Waals surface area contributed by atoms with E-state index in [9.17, 15) is 0 Å². The van der Waals surface area contributed by atoms with Crippen LogP contribution in [-0.4, -0.2) is 32.2 Å². The molecule has 0 saturated carbocycles. The van der Waals surface area contributed by atoms with E-state index in [0.29, 0.717) is 6.04 Å². The highest BCUT2D eigenvalue weighted by atomic mass is 16.5. The highest BCUT2D eigenvalue weighted by Gasteiger charge is 2.48. The molecular weight excluding hydrogens is 358 g/mol. The van der Waals surface area contributed by atoms with Gasteiger partial charge < -0.3 is 9.47 Å². The molecule has 0 radical (unpaired) electrons. The van der Waals surface area contributed by atoms with Crippen LogP contribution in [0, 0.1) is 0 Å². The van der Waals surface area contributed by atoms with E-state index in [1.165, 1.54) is 43.2 Å². The first-order chi connectivity index (χ1) is 14.1. The lowest BCUT2D eigenvalue weighted by atomic mass is 9.66. The van der Waals surface area contributed by atoms with Crippen molar-refractivity contribution in [3.05, 3.63) is 70.8 Å². The molecule has 2 aromatic carbocycles. The molecule has 0 saturated heterocycles. The molecule has 0 bridgehead atoms. The van der Waals surface area contributed by atoms with E-state index in [1.54, 1.807) is 25.4 Å². The zero-order chi connectivity index (χ0) is 20.4. The van der Waals surface area contributed by atoms with Crippen LogP contribution in [0.5, 0.6) is 11.5 Å². The minimum Gasteiger partial charge on any atom is -0.497 e. The van der Waals surface area contributed by atoms with E-state index in [1.807, 2.05) is 0 Å². The summed E-state index contributed by atoms with van der Waals surface area (Å²) in [6.07, 6.45) is 7.15. The van der Waals surface area contributed by atoms with Crippen molar-refractivity contribution in [3.8, 4) is 11.5 Å². The maximum absolute atomic E-state index is 5.89. The van der Waals surface area contributed by atoms with Gasteiger partial charge in [0.15, 0.2) is 0 Å². The molecule has 2 aliphatic rings. The molecule has 2 aromatic rings. The van der Waals surface area contributed by atoms with Gasteiger partial charge in [-0.25, -0.2) is 0 Å². The van der Waals surface area contributed by atoms with Gasteiger partial charge in [0.1, 0.15) is 11.5 Å². The smallest absolute Gasteiger partial charge is 0.124 e. The van der Waals surface area contributed by atoms with Gasteiger partial charge in [0.05, 0.1) is 19.8 Å². The van der Waals surface area contributed by atoms with Crippen LogP contribution in [0.3, 0.4) is 0 Å². The van der Waals surface area contributed by atoms with Gasteiger partial charge in [-0.05, 0) is 81.8 Å². The summed E-state index contributed by atoms with van der Waals surface area (Å²) < 4.78 is 11.3. The second-order valence-corrected chi connectivity index (χ2v) is 8.54. The summed E-state index contributed by atoms with van der Waals surface area (Å²) in [4.78, 5) is 2.61. The molecule has 0 fully saturated rings. The highest BCUT2D eigenvalue weighted by molar-refractivity contribution is 5.50. The van der Waals surface area contributed by atoms with Crippen molar-refractivity contribution in [2.75, 3.05) is 21.3 Å². The Kier molecular flexibility index (Phi) is 5.69. The molecule has 2 unspecified atom stereocenters. The second kappa shape index (κ2) is 8.23. The summed E-state index contributed by atoms with van der Waals surface area (Å²) in [7, 11) is 5.82. The third-order valence-electron chi connectivity index (χ3n) is 7.06. The van der Waals surface area contributed by atoms with E-state index < -0.39 is 0 Å². The summed E-state index contributed by atoms with van der Waals surface area (Å²) in [6, 6.07) is 17.7. The fourth-order valence-corrected chi connectivity index (χ4v) is 5.48. The third kappa shape index (κ3) is 3.46. The Bertz CT molecular complexity index is 886. The van der Waals surface area contributed by atoms with E-state index in [0.717, 1.165) is 17.9 Å². The second-order valence-electron chi connectivity index (χ2n) is 8.54. The lowest BCUT2D eigenvalue weighted by Gasteiger charge is -2.53. The van der Waals surface area contributed by atoms with Crippen LogP contribution in [0.25, 0.3) is 0 Å². The number of rotatable bonds is 5. The van der Waals surface area contributed by atoms with Crippen LogP contribution in [0.15, 0.2) is 59.7 Å². The molecule has 3 nitrogen and oxygen atoms in total. The Balaban J connectivity index is 1.92. The number of nitrogens with zero attached hydrogens (tertiary/aromatic N) is 1. The summed E-state index contributed by atoms with van der Waals surface area (Å²) >= 11 is 0. The summed E-state index contributed by atoms with van der Waals surface area (Å²) in [5.41, 5.74) is 5.76. The minimum atomic E-state index is -0.172. The zero-order valence-electron chi connectivity index (χ0n) is 18.2. The lowest BCUT2D eigenvalue weighted by Crippen LogP contribution is -2.54. The van der Waals surface area contributed by atoms with Gasteiger partial charge in [-0.15, -0.1) is 0 Å². The number of hydrogen-bond donors (Lipinski definition) is 0. The quantitative estimate of drug-likeness (QED) is 0.607. The lowest BCUT2D eigenvalue weighted by molar-refractivity contribution is 0.0810. The van der Waals surface area contributed by atoms with E-state index >= 15 is 0 Å². The Morgan fingerprint density at radius 3 is 2.41 bits per heavy atom. The Hall–Kier alpha value is -2.26. The topological polar surface area (TPSA) is 21.7 Å². The van der Waals surface area contributed by atoms with E-state index in [2.05, 4.69) is 67.4 Å². The van der Waals surface area contributed by atoms with Gasteiger partial charge in [0, 0.05) is 11.6 Å². The molecular formula is C26H33NO2. The van der Waals surface area contributed by atoms with Gasteiger partial charge in [-0.3, -0.25) is 4.90 Å². The fraction of sp³-hybridized carbons (Fsp3) is 0.462. The molecule has 1 aliphatic heterocycles. The molecule has 154 valence electrons. The maximum atomic E-state index is 5.89. The van der Waals surface area contributed by atoms with Crippen molar-refractivity contribution < 1.29 is 9.47 Å². The van der Waals surface area contributed by atoms with Gasteiger partial charge in [0.25, 0.3) is 0 Å². The first kappa shape index (κ1) is 20.0. The van der Waals surface area contributed by atoms with Gasteiger partial charge in [0.2, 0.25) is 0 Å². The van der Waals surface area contributed by atoms with Crippen LogP contribution >= 0.6 is 0 Å². The molecule has 2 atom stereocenters. The first-order valence-electron chi connectivity index (χ1n) is 10.8. The number of hydrogen-bond acceptors (Lipinski definition) is 3. The fourth-order valence-electron chi connectivity index (χ4n) is 5.48. The third-order valence-corrected chi connectivity index (χ3v) is 7.06. The molecule has 0 N–H and O–H groups in total. The number of methoxy groups -OCH3 is 2. The van der Waals surface area contributed by atoms with Crippen molar-refractivity contribution >= 4 is 0 Å². The molecule has 3 heteroatoms. The van der Waals surface area contributed by atoms with Crippen LogP contribution in [0.1, 0.15) is 50.2 Å². The first-order valence-corrected chi connectivity index (χ1v) is 10.8. The Morgan fingerprint density at radius 2 is 1.69 bits per heavy atom. The summed E-state index contributed by atoms with van der Waals surface area (Å²) in [5.74, 6) is 1.89. The number of benzene rings is 2. The molecule has 0 aromatic heterocycles. The van der Waals surface area contributed by atoms with Gasteiger partial charge in [-0.1, -0.05) is 35.9 Å². The highest BCUT2D eigenvalue weighted by Crippen LogP contribution is 2.52. The predicted molar refractivity (Wildman–Crippen MR) is 119 cm³/mol. The van der Waals surface area contributed by atoms with E-state index in [4.69, 9.17) is 9.47 Å². The zero-order valence-corrected chi connectivity index (χ0v) is 18.2. The Labute approximate surface area is 175 Å². The van der Waals surface area contributed by atoms with E-state index in [-0.39, 0.29) is 5.54 Å². The monoisotopic (exact) mass is 391 g/mol. The molecule has 1 heterocycles.